The van der Waals surface area contributed by atoms with Crippen LogP contribution < -0.4 is 19.7 Å². The molecule has 0 saturated carbocycles. The van der Waals surface area contributed by atoms with E-state index < -0.39 is 6.09 Å². The highest BCUT2D eigenvalue weighted by atomic mass is 16.6. The number of aromatic nitrogens is 1. The molecule has 0 unspecified atom stereocenters. The van der Waals surface area contributed by atoms with Gasteiger partial charge in [-0.05, 0) is 86.9 Å². The smallest absolute Gasteiger partial charge is 0.412 e. The van der Waals surface area contributed by atoms with E-state index in [1.54, 1.807) is 7.11 Å². The SMILES string of the molecule is CCN(CC)CCNC(=O)Oc1ccc2[nH]cc(CCCCN3CCN(c4ccc(OC)cc4)CC3)c2c1. The molecule has 0 radical (unpaired) electrons. The van der Waals surface area contributed by atoms with Crippen LogP contribution in [0.4, 0.5) is 10.5 Å². The van der Waals surface area contributed by atoms with Gasteiger partial charge in [0.1, 0.15) is 11.5 Å². The van der Waals surface area contributed by atoms with E-state index in [4.69, 9.17) is 9.47 Å². The van der Waals surface area contributed by atoms with Gasteiger partial charge in [0.2, 0.25) is 0 Å². The minimum Gasteiger partial charge on any atom is -0.497 e. The molecule has 1 aliphatic rings. The number of anilines is 1. The summed E-state index contributed by atoms with van der Waals surface area (Å²) in [5.41, 5.74) is 3.62. The van der Waals surface area contributed by atoms with Gasteiger partial charge in [-0.3, -0.25) is 4.90 Å². The van der Waals surface area contributed by atoms with Crippen molar-refractivity contribution in [2.24, 2.45) is 0 Å². The number of rotatable bonds is 13. The second-order valence-electron chi connectivity index (χ2n) is 9.85. The lowest BCUT2D eigenvalue weighted by Crippen LogP contribution is -2.46. The highest BCUT2D eigenvalue weighted by Gasteiger charge is 2.17. The van der Waals surface area contributed by atoms with Gasteiger partial charge in [0.05, 0.1) is 7.11 Å². The van der Waals surface area contributed by atoms with E-state index in [0.717, 1.165) is 81.9 Å². The number of methoxy groups -OCH3 is 1. The first kappa shape index (κ1) is 27.8. The van der Waals surface area contributed by atoms with Crippen LogP contribution in [-0.2, 0) is 6.42 Å². The second kappa shape index (κ2) is 14.1. The normalized spacial score (nSPS) is 14.3. The molecule has 206 valence electrons. The molecule has 38 heavy (non-hydrogen) atoms. The maximum atomic E-state index is 12.2. The Morgan fingerprint density at radius 2 is 1.74 bits per heavy atom. The summed E-state index contributed by atoms with van der Waals surface area (Å²) >= 11 is 0. The number of hydrogen-bond donors (Lipinski definition) is 2. The molecule has 2 heterocycles. The number of unbranched alkanes of at least 4 members (excludes halogenated alkanes) is 1. The van der Waals surface area contributed by atoms with Crippen molar-refractivity contribution in [1.82, 2.24) is 20.1 Å². The van der Waals surface area contributed by atoms with Gasteiger partial charge >= 0.3 is 6.09 Å². The van der Waals surface area contributed by atoms with E-state index in [9.17, 15) is 4.79 Å². The molecule has 4 rings (SSSR count). The summed E-state index contributed by atoms with van der Waals surface area (Å²) in [5, 5.41) is 3.98. The van der Waals surface area contributed by atoms with E-state index in [2.05, 4.69) is 57.2 Å². The molecule has 0 spiro atoms. The maximum absolute atomic E-state index is 12.2. The summed E-state index contributed by atoms with van der Waals surface area (Å²) in [6, 6.07) is 14.2. The Bertz CT molecular complexity index is 1130. The number of hydrogen-bond acceptors (Lipinski definition) is 6. The molecule has 2 aromatic carbocycles. The van der Waals surface area contributed by atoms with Crippen LogP contribution in [0.15, 0.2) is 48.7 Å². The molecule has 8 heteroatoms. The van der Waals surface area contributed by atoms with Crippen molar-refractivity contribution >= 4 is 22.7 Å². The molecule has 1 aromatic heterocycles. The number of benzene rings is 2. The number of ether oxygens (including phenoxy) is 2. The van der Waals surface area contributed by atoms with Gasteiger partial charge in [-0.25, -0.2) is 4.79 Å². The maximum Gasteiger partial charge on any atom is 0.412 e. The Morgan fingerprint density at radius 3 is 2.45 bits per heavy atom. The average molecular weight is 522 g/mol. The molecule has 3 aromatic rings. The zero-order valence-electron chi connectivity index (χ0n) is 23.2. The number of H-pyrrole nitrogens is 1. The fourth-order valence-corrected chi connectivity index (χ4v) is 5.10. The Balaban J connectivity index is 1.19. The Hall–Kier alpha value is -3.23. The average Bonchev–Trinajstić information content (AvgIpc) is 3.36. The zero-order valence-corrected chi connectivity index (χ0v) is 23.2. The lowest BCUT2D eigenvalue weighted by atomic mass is 10.1. The van der Waals surface area contributed by atoms with Crippen LogP contribution in [0.25, 0.3) is 10.9 Å². The zero-order chi connectivity index (χ0) is 26.7. The van der Waals surface area contributed by atoms with Gasteiger partial charge in [0, 0.05) is 62.1 Å². The van der Waals surface area contributed by atoms with Gasteiger partial charge in [-0.1, -0.05) is 13.8 Å². The second-order valence-corrected chi connectivity index (χ2v) is 9.85. The fourth-order valence-electron chi connectivity index (χ4n) is 5.10. The first-order valence-electron chi connectivity index (χ1n) is 14.0. The molecule has 8 nitrogen and oxygen atoms in total. The number of likely N-dealkylation sites (N-methyl/N-ethyl adjacent to an activating group) is 1. The molecule has 0 aliphatic carbocycles. The van der Waals surface area contributed by atoms with Crippen molar-refractivity contribution < 1.29 is 14.3 Å². The number of aromatic amines is 1. The highest BCUT2D eigenvalue weighted by molar-refractivity contribution is 5.85. The van der Waals surface area contributed by atoms with E-state index in [-0.39, 0.29) is 0 Å². The van der Waals surface area contributed by atoms with Gasteiger partial charge in [0.15, 0.2) is 0 Å². The summed E-state index contributed by atoms with van der Waals surface area (Å²) in [6.45, 7) is 13.0. The van der Waals surface area contributed by atoms with Crippen LogP contribution in [0.3, 0.4) is 0 Å². The van der Waals surface area contributed by atoms with Crippen LogP contribution >= 0.6 is 0 Å². The molecule has 1 aliphatic heterocycles. The van der Waals surface area contributed by atoms with Crippen molar-refractivity contribution in [1.29, 1.82) is 0 Å². The molecular weight excluding hydrogens is 478 g/mol. The Kier molecular flexibility index (Phi) is 10.3. The van der Waals surface area contributed by atoms with Gasteiger partial charge in [-0.2, -0.15) is 0 Å². The van der Waals surface area contributed by atoms with Crippen molar-refractivity contribution in [2.45, 2.75) is 33.1 Å². The molecule has 1 fully saturated rings. The number of piperazine rings is 1. The number of carbonyl (C=O) groups excluding carboxylic acids is 1. The lowest BCUT2D eigenvalue weighted by molar-refractivity contribution is 0.197. The molecule has 0 atom stereocenters. The molecule has 1 saturated heterocycles. The quantitative estimate of drug-likeness (QED) is 0.316. The molecule has 0 bridgehead atoms. The summed E-state index contributed by atoms with van der Waals surface area (Å²) in [4.78, 5) is 22.9. The minimum atomic E-state index is -0.402. The summed E-state index contributed by atoms with van der Waals surface area (Å²) in [7, 11) is 1.70. The van der Waals surface area contributed by atoms with Crippen molar-refractivity contribution in [2.75, 3.05) is 70.9 Å². The van der Waals surface area contributed by atoms with Crippen LogP contribution in [-0.4, -0.2) is 86.9 Å². The van der Waals surface area contributed by atoms with E-state index >= 15 is 0 Å². The molecule has 2 N–H and O–H groups in total. The lowest BCUT2D eigenvalue weighted by Gasteiger charge is -2.36. The van der Waals surface area contributed by atoms with E-state index in [1.807, 2.05) is 30.3 Å². The number of aryl methyl sites for hydroxylation is 1. The number of nitrogens with one attached hydrogen (secondary N) is 2. The number of amides is 1. The van der Waals surface area contributed by atoms with Crippen LogP contribution in [0.1, 0.15) is 32.3 Å². The standard InChI is InChI=1S/C30H43N5O3/c1-4-33(5-2)17-15-31-30(36)38-27-13-14-29-28(22-27)24(23-32-29)8-6-7-16-34-18-20-35(21-19-34)25-9-11-26(37-3)12-10-25/h9-14,22-23,32H,4-8,15-21H2,1-3H3,(H,31,36). The first-order valence-corrected chi connectivity index (χ1v) is 14.0. The molecular formula is C30H43N5O3. The van der Waals surface area contributed by atoms with E-state index in [1.165, 1.54) is 17.7 Å². The largest absolute Gasteiger partial charge is 0.497 e. The topological polar surface area (TPSA) is 73.1 Å². The summed E-state index contributed by atoms with van der Waals surface area (Å²) < 4.78 is 10.8. The van der Waals surface area contributed by atoms with Crippen LogP contribution in [0.2, 0.25) is 0 Å². The third kappa shape index (κ3) is 7.65. The number of fused-ring (bicyclic) bond motifs is 1. The predicted octanol–water partition coefficient (Wildman–Crippen LogP) is 4.75. The number of carbonyl (C=O) groups is 1. The summed E-state index contributed by atoms with van der Waals surface area (Å²) in [6.07, 6.45) is 4.99. The monoisotopic (exact) mass is 521 g/mol. The van der Waals surface area contributed by atoms with Crippen LogP contribution in [0, 0.1) is 0 Å². The van der Waals surface area contributed by atoms with Gasteiger partial charge in [-0.15, -0.1) is 0 Å². The minimum absolute atomic E-state index is 0.402. The third-order valence-electron chi connectivity index (χ3n) is 7.52. The van der Waals surface area contributed by atoms with E-state index in [0.29, 0.717) is 12.3 Å². The third-order valence-corrected chi connectivity index (χ3v) is 7.52. The van der Waals surface area contributed by atoms with Crippen molar-refractivity contribution in [3.05, 3.63) is 54.2 Å². The molecule has 1 amide bonds. The predicted molar refractivity (Wildman–Crippen MR) is 155 cm³/mol. The number of nitrogens with zero attached hydrogens (tertiary/aromatic N) is 3. The van der Waals surface area contributed by atoms with Gasteiger partial charge < -0.3 is 29.6 Å². The highest BCUT2D eigenvalue weighted by Crippen LogP contribution is 2.25. The Labute approximate surface area is 226 Å². The Morgan fingerprint density at radius 1 is 1.00 bits per heavy atom. The van der Waals surface area contributed by atoms with Gasteiger partial charge in [0.25, 0.3) is 0 Å². The summed E-state index contributed by atoms with van der Waals surface area (Å²) in [5.74, 6) is 1.48. The van der Waals surface area contributed by atoms with Crippen molar-refractivity contribution in [3.63, 3.8) is 0 Å². The fraction of sp³-hybridized carbons (Fsp3) is 0.500. The van der Waals surface area contributed by atoms with Crippen molar-refractivity contribution in [3.8, 4) is 11.5 Å². The first-order chi connectivity index (χ1) is 18.6. The van der Waals surface area contributed by atoms with Crippen LogP contribution in [0.5, 0.6) is 11.5 Å².